The molecule has 1 saturated heterocycles. The fourth-order valence-electron chi connectivity index (χ4n) is 3.19. The van der Waals surface area contributed by atoms with E-state index in [4.69, 9.17) is 4.74 Å². The number of amides is 2. The molecular weight excluding hydrogens is 320 g/mol. The summed E-state index contributed by atoms with van der Waals surface area (Å²) >= 11 is 0. The fraction of sp³-hybridized carbons (Fsp3) is 0.579. The van der Waals surface area contributed by atoms with Crippen molar-refractivity contribution in [2.45, 2.75) is 64.1 Å². The van der Waals surface area contributed by atoms with Gasteiger partial charge in [0.15, 0.2) is 0 Å². The summed E-state index contributed by atoms with van der Waals surface area (Å²) in [6.07, 6.45) is 1.52. The van der Waals surface area contributed by atoms with Crippen LogP contribution in [0.3, 0.4) is 0 Å². The van der Waals surface area contributed by atoms with Crippen LogP contribution in [-0.4, -0.2) is 46.4 Å². The average Bonchev–Trinajstić information content (AvgIpc) is 2.69. The Bertz CT molecular complexity index is 583. The minimum absolute atomic E-state index is 0.270. The Kier molecular flexibility index (Phi) is 6.28. The molecule has 1 fully saturated rings. The molecular formula is C19H28N2O4. The van der Waals surface area contributed by atoms with Crippen LogP contribution < -0.4 is 5.32 Å². The molecule has 6 heteroatoms. The first-order chi connectivity index (χ1) is 11.8. The molecule has 6 nitrogen and oxygen atoms in total. The van der Waals surface area contributed by atoms with E-state index < -0.39 is 17.8 Å². The number of carbonyl (C=O) groups is 2. The van der Waals surface area contributed by atoms with Gasteiger partial charge in [0.25, 0.3) is 0 Å². The van der Waals surface area contributed by atoms with Crippen molar-refractivity contribution >= 4 is 12.2 Å². The molecule has 2 N–H and O–H groups in total. The lowest BCUT2D eigenvalue weighted by Gasteiger charge is -2.34. The first kappa shape index (κ1) is 19.1. The van der Waals surface area contributed by atoms with Crippen LogP contribution in [0.4, 0.5) is 9.59 Å². The molecule has 0 radical (unpaired) electrons. The number of nitrogens with one attached hydrogen (secondary N) is 1. The molecule has 1 unspecified atom stereocenters. The van der Waals surface area contributed by atoms with E-state index in [9.17, 15) is 14.7 Å². The van der Waals surface area contributed by atoms with Crippen LogP contribution in [0.2, 0.25) is 0 Å². The molecule has 1 heterocycles. The van der Waals surface area contributed by atoms with Gasteiger partial charge in [-0.1, -0.05) is 30.3 Å². The van der Waals surface area contributed by atoms with Gasteiger partial charge in [0.1, 0.15) is 5.60 Å². The van der Waals surface area contributed by atoms with E-state index in [1.54, 1.807) is 0 Å². The molecule has 2 atom stereocenters. The van der Waals surface area contributed by atoms with Gasteiger partial charge in [0.05, 0.1) is 12.1 Å². The number of hydrogen-bond acceptors (Lipinski definition) is 3. The van der Waals surface area contributed by atoms with Crippen molar-refractivity contribution in [2.75, 3.05) is 6.54 Å². The van der Waals surface area contributed by atoms with Gasteiger partial charge in [-0.25, -0.2) is 9.59 Å². The summed E-state index contributed by atoms with van der Waals surface area (Å²) in [4.78, 5) is 25.4. The third kappa shape index (κ3) is 5.96. The molecule has 1 aromatic rings. The predicted molar refractivity (Wildman–Crippen MR) is 95.7 cm³/mol. The molecule has 2 rings (SSSR count). The van der Waals surface area contributed by atoms with Gasteiger partial charge in [0, 0.05) is 6.54 Å². The molecule has 0 aromatic heterocycles. The Hall–Kier alpha value is -2.24. The Morgan fingerprint density at radius 2 is 1.92 bits per heavy atom. The summed E-state index contributed by atoms with van der Waals surface area (Å²) in [5.41, 5.74) is 0.465. The molecule has 0 saturated carbocycles. The number of ether oxygens (including phenoxy) is 1. The highest BCUT2D eigenvalue weighted by Crippen LogP contribution is 2.22. The van der Waals surface area contributed by atoms with E-state index in [1.807, 2.05) is 51.1 Å². The second-order valence-electron chi connectivity index (χ2n) is 7.48. The van der Waals surface area contributed by atoms with Gasteiger partial charge in [-0.15, -0.1) is 0 Å². The second kappa shape index (κ2) is 8.23. The number of rotatable bonds is 3. The number of likely N-dealkylation sites (tertiary alicyclic amines) is 1. The highest BCUT2D eigenvalue weighted by Gasteiger charge is 2.34. The minimum Gasteiger partial charge on any atom is -0.465 e. The largest absolute Gasteiger partial charge is 0.465 e. The van der Waals surface area contributed by atoms with E-state index in [2.05, 4.69) is 5.32 Å². The van der Waals surface area contributed by atoms with Crippen LogP contribution in [-0.2, 0) is 11.2 Å². The summed E-state index contributed by atoms with van der Waals surface area (Å²) < 4.78 is 5.36. The lowest BCUT2D eigenvalue weighted by atomic mass is 9.96. The Morgan fingerprint density at radius 3 is 2.52 bits per heavy atom. The lowest BCUT2D eigenvalue weighted by Crippen LogP contribution is -2.54. The van der Waals surface area contributed by atoms with Crippen LogP contribution in [0, 0.1) is 0 Å². The number of alkyl carbamates (subject to hydrolysis) is 1. The maximum Gasteiger partial charge on any atom is 0.407 e. The minimum atomic E-state index is -0.946. The zero-order chi connectivity index (χ0) is 18.4. The molecule has 0 spiro atoms. The van der Waals surface area contributed by atoms with Gasteiger partial charge in [-0.2, -0.15) is 0 Å². The zero-order valence-electron chi connectivity index (χ0n) is 15.2. The van der Waals surface area contributed by atoms with Crippen molar-refractivity contribution in [3.05, 3.63) is 35.9 Å². The van der Waals surface area contributed by atoms with Crippen molar-refractivity contribution in [3.8, 4) is 0 Å². The highest BCUT2D eigenvalue weighted by atomic mass is 16.6. The van der Waals surface area contributed by atoms with E-state index in [-0.39, 0.29) is 12.1 Å². The Morgan fingerprint density at radius 1 is 1.24 bits per heavy atom. The molecule has 1 aliphatic rings. The number of nitrogens with zero attached hydrogens (tertiary/aromatic N) is 1. The summed E-state index contributed by atoms with van der Waals surface area (Å²) in [6.45, 7) is 5.92. The van der Waals surface area contributed by atoms with Crippen molar-refractivity contribution in [1.82, 2.24) is 10.2 Å². The van der Waals surface area contributed by atoms with E-state index >= 15 is 0 Å². The number of benzene rings is 1. The van der Waals surface area contributed by atoms with Crippen molar-refractivity contribution in [3.63, 3.8) is 0 Å². The first-order valence-corrected chi connectivity index (χ1v) is 8.79. The fourth-order valence-corrected chi connectivity index (χ4v) is 3.19. The van der Waals surface area contributed by atoms with Crippen LogP contribution in [0.5, 0.6) is 0 Å². The molecule has 2 amide bonds. The van der Waals surface area contributed by atoms with Crippen molar-refractivity contribution < 1.29 is 19.4 Å². The lowest BCUT2D eigenvalue weighted by molar-refractivity contribution is 0.0460. The average molecular weight is 348 g/mol. The first-order valence-electron chi connectivity index (χ1n) is 8.79. The van der Waals surface area contributed by atoms with Crippen LogP contribution >= 0.6 is 0 Å². The quantitative estimate of drug-likeness (QED) is 0.874. The van der Waals surface area contributed by atoms with Crippen LogP contribution in [0.15, 0.2) is 30.3 Å². The van der Waals surface area contributed by atoms with E-state index in [1.165, 1.54) is 4.90 Å². The van der Waals surface area contributed by atoms with Gasteiger partial charge in [0.2, 0.25) is 0 Å². The van der Waals surface area contributed by atoms with E-state index in [0.29, 0.717) is 13.0 Å². The number of hydrogen-bond donors (Lipinski definition) is 2. The molecule has 0 bridgehead atoms. The smallest absolute Gasteiger partial charge is 0.407 e. The maximum absolute atomic E-state index is 12.2. The topological polar surface area (TPSA) is 78.9 Å². The standard InChI is InChI=1S/C19H28N2O4/c1-19(2,3)25-17(22)20-15-11-7-8-12-21(18(23)24)16(15)13-14-9-5-4-6-10-14/h4-6,9-10,15-16H,7-8,11-13H2,1-3H3,(H,20,22)(H,23,24)/t15-,16?/m0/s1. The summed E-state index contributed by atoms with van der Waals surface area (Å²) in [5.74, 6) is 0. The summed E-state index contributed by atoms with van der Waals surface area (Å²) in [6, 6.07) is 9.19. The zero-order valence-corrected chi connectivity index (χ0v) is 15.2. The number of carbonyl (C=O) groups excluding carboxylic acids is 1. The SMILES string of the molecule is CC(C)(C)OC(=O)N[C@H]1CCCCN(C(=O)O)C1Cc1ccccc1. The maximum atomic E-state index is 12.2. The third-order valence-corrected chi connectivity index (χ3v) is 4.26. The molecule has 25 heavy (non-hydrogen) atoms. The van der Waals surface area contributed by atoms with Crippen molar-refractivity contribution in [2.24, 2.45) is 0 Å². The van der Waals surface area contributed by atoms with Gasteiger partial charge in [-0.05, 0) is 52.0 Å². The second-order valence-corrected chi connectivity index (χ2v) is 7.48. The van der Waals surface area contributed by atoms with Crippen molar-refractivity contribution in [1.29, 1.82) is 0 Å². The van der Waals surface area contributed by atoms with Crippen LogP contribution in [0.1, 0.15) is 45.6 Å². The molecule has 1 aromatic carbocycles. The number of carboxylic acid groups (broad SMARTS) is 1. The summed E-state index contributed by atoms with van der Waals surface area (Å²) in [7, 11) is 0. The van der Waals surface area contributed by atoms with Crippen LogP contribution in [0.25, 0.3) is 0 Å². The van der Waals surface area contributed by atoms with Gasteiger partial charge < -0.3 is 20.1 Å². The normalized spacial score (nSPS) is 21.3. The Labute approximate surface area is 149 Å². The highest BCUT2D eigenvalue weighted by molar-refractivity contribution is 5.69. The summed E-state index contributed by atoms with van der Waals surface area (Å²) in [5, 5.41) is 12.5. The van der Waals surface area contributed by atoms with E-state index in [0.717, 1.165) is 24.8 Å². The molecule has 0 aliphatic carbocycles. The monoisotopic (exact) mass is 348 g/mol. The van der Waals surface area contributed by atoms with Gasteiger partial charge in [-0.3, -0.25) is 0 Å². The van der Waals surface area contributed by atoms with Gasteiger partial charge >= 0.3 is 12.2 Å². The third-order valence-electron chi connectivity index (χ3n) is 4.26. The molecule has 138 valence electrons. The predicted octanol–water partition coefficient (Wildman–Crippen LogP) is 3.65. The Balaban J connectivity index is 2.19. The molecule has 1 aliphatic heterocycles.